The van der Waals surface area contributed by atoms with E-state index in [2.05, 4.69) is 23.7 Å². The molecule has 0 N–H and O–H groups in total. The molecular formula is C15H12N2O. The highest BCUT2D eigenvalue weighted by atomic mass is 16.1. The van der Waals surface area contributed by atoms with Crippen molar-refractivity contribution < 1.29 is 4.79 Å². The standard InChI is InChI=1S/C15H12N2O/c1-2-7-17-14-9-12-6-4-3-5-11(12)8-13(14)16-15(17)10-18/h2-6,8-10H,1,7H2. The largest absolute Gasteiger partial charge is 0.318 e. The molecule has 3 aromatic rings. The molecule has 0 atom stereocenters. The zero-order valence-corrected chi connectivity index (χ0v) is 9.84. The van der Waals surface area contributed by atoms with Gasteiger partial charge in [0.2, 0.25) is 0 Å². The smallest absolute Gasteiger partial charge is 0.185 e. The Morgan fingerprint density at radius 3 is 2.61 bits per heavy atom. The maximum atomic E-state index is 11.0. The molecule has 18 heavy (non-hydrogen) atoms. The average molecular weight is 236 g/mol. The third-order valence-corrected chi connectivity index (χ3v) is 3.06. The van der Waals surface area contributed by atoms with Crippen LogP contribution in [-0.4, -0.2) is 15.8 Å². The van der Waals surface area contributed by atoms with Crippen molar-refractivity contribution >= 4 is 28.1 Å². The summed E-state index contributed by atoms with van der Waals surface area (Å²) in [4.78, 5) is 15.4. The lowest BCUT2D eigenvalue weighted by atomic mass is 10.1. The fraction of sp³-hybridized carbons (Fsp3) is 0.0667. The van der Waals surface area contributed by atoms with Gasteiger partial charge in [-0.15, -0.1) is 6.58 Å². The first kappa shape index (κ1) is 10.7. The monoisotopic (exact) mass is 236 g/mol. The Morgan fingerprint density at radius 1 is 1.22 bits per heavy atom. The summed E-state index contributed by atoms with van der Waals surface area (Å²) < 4.78 is 1.88. The number of benzene rings is 2. The van der Waals surface area contributed by atoms with Crippen molar-refractivity contribution in [1.29, 1.82) is 0 Å². The lowest BCUT2D eigenvalue weighted by Crippen LogP contribution is -2.00. The normalized spacial score (nSPS) is 10.9. The van der Waals surface area contributed by atoms with E-state index in [9.17, 15) is 4.79 Å². The average Bonchev–Trinajstić information content (AvgIpc) is 2.74. The Hall–Kier alpha value is -2.42. The number of carbonyl (C=O) groups is 1. The summed E-state index contributed by atoms with van der Waals surface area (Å²) in [7, 11) is 0. The summed E-state index contributed by atoms with van der Waals surface area (Å²) >= 11 is 0. The van der Waals surface area contributed by atoms with Crippen LogP contribution < -0.4 is 0 Å². The third-order valence-electron chi connectivity index (χ3n) is 3.06. The van der Waals surface area contributed by atoms with Crippen LogP contribution >= 0.6 is 0 Å². The molecular weight excluding hydrogens is 224 g/mol. The molecule has 0 fully saturated rings. The van der Waals surface area contributed by atoms with Crippen molar-refractivity contribution in [2.24, 2.45) is 0 Å². The van der Waals surface area contributed by atoms with E-state index in [1.807, 2.05) is 28.8 Å². The number of rotatable bonds is 3. The van der Waals surface area contributed by atoms with Gasteiger partial charge in [0.15, 0.2) is 12.1 Å². The van der Waals surface area contributed by atoms with E-state index in [0.717, 1.165) is 28.1 Å². The number of imidazole rings is 1. The van der Waals surface area contributed by atoms with E-state index in [4.69, 9.17) is 0 Å². The summed E-state index contributed by atoms with van der Waals surface area (Å²) in [6, 6.07) is 12.2. The molecule has 3 heteroatoms. The minimum absolute atomic E-state index is 0.445. The summed E-state index contributed by atoms with van der Waals surface area (Å²) in [6.45, 7) is 4.30. The number of carbonyl (C=O) groups excluding carboxylic acids is 1. The van der Waals surface area contributed by atoms with E-state index in [0.29, 0.717) is 12.4 Å². The zero-order chi connectivity index (χ0) is 12.5. The maximum Gasteiger partial charge on any atom is 0.185 e. The molecule has 0 bridgehead atoms. The van der Waals surface area contributed by atoms with Gasteiger partial charge >= 0.3 is 0 Å². The zero-order valence-electron chi connectivity index (χ0n) is 9.84. The molecule has 2 aromatic carbocycles. The molecule has 0 saturated carbocycles. The van der Waals surface area contributed by atoms with Crippen LogP contribution in [0, 0.1) is 0 Å². The second kappa shape index (κ2) is 4.11. The van der Waals surface area contributed by atoms with Crippen molar-refractivity contribution in [3.63, 3.8) is 0 Å². The highest BCUT2D eigenvalue weighted by Crippen LogP contribution is 2.23. The van der Waals surface area contributed by atoms with E-state index >= 15 is 0 Å². The van der Waals surface area contributed by atoms with Gasteiger partial charge in [-0.3, -0.25) is 4.79 Å². The number of aldehydes is 1. The van der Waals surface area contributed by atoms with E-state index in [-0.39, 0.29) is 0 Å². The number of fused-ring (bicyclic) bond motifs is 2. The molecule has 0 spiro atoms. The predicted molar refractivity (Wildman–Crippen MR) is 72.8 cm³/mol. The molecule has 1 heterocycles. The molecule has 3 nitrogen and oxygen atoms in total. The molecule has 0 unspecified atom stereocenters. The Labute approximate surface area is 104 Å². The van der Waals surface area contributed by atoms with Gasteiger partial charge in [-0.05, 0) is 22.9 Å². The minimum Gasteiger partial charge on any atom is -0.318 e. The molecule has 1 aromatic heterocycles. The van der Waals surface area contributed by atoms with Crippen molar-refractivity contribution in [3.05, 3.63) is 54.9 Å². The summed E-state index contributed by atoms with van der Waals surface area (Å²) in [5, 5.41) is 2.28. The van der Waals surface area contributed by atoms with Gasteiger partial charge in [0.1, 0.15) is 0 Å². The molecule has 0 radical (unpaired) electrons. The minimum atomic E-state index is 0.445. The number of allylic oxidation sites excluding steroid dienone is 1. The van der Waals surface area contributed by atoms with Crippen LogP contribution in [-0.2, 0) is 6.54 Å². The van der Waals surface area contributed by atoms with Crippen LogP contribution in [0.3, 0.4) is 0 Å². The van der Waals surface area contributed by atoms with E-state index in [1.165, 1.54) is 0 Å². The first-order valence-corrected chi connectivity index (χ1v) is 5.78. The van der Waals surface area contributed by atoms with Gasteiger partial charge in [-0.25, -0.2) is 4.98 Å². The molecule has 88 valence electrons. The van der Waals surface area contributed by atoms with Crippen LogP contribution in [0.15, 0.2) is 49.1 Å². The number of hydrogen-bond donors (Lipinski definition) is 0. The Bertz CT molecular complexity index is 756. The Kier molecular flexibility index (Phi) is 2.45. The maximum absolute atomic E-state index is 11.0. The highest BCUT2D eigenvalue weighted by Gasteiger charge is 2.09. The SMILES string of the molecule is C=CCn1c(C=O)nc2cc3ccccc3cc21. The van der Waals surface area contributed by atoms with Crippen LogP contribution in [0.4, 0.5) is 0 Å². The van der Waals surface area contributed by atoms with Crippen LogP contribution in [0.2, 0.25) is 0 Å². The Morgan fingerprint density at radius 2 is 1.94 bits per heavy atom. The first-order valence-electron chi connectivity index (χ1n) is 5.78. The second-order valence-corrected chi connectivity index (χ2v) is 4.18. The van der Waals surface area contributed by atoms with Crippen LogP contribution in [0.5, 0.6) is 0 Å². The quantitative estimate of drug-likeness (QED) is 0.517. The summed E-state index contributed by atoms with van der Waals surface area (Å²) in [5.41, 5.74) is 1.81. The van der Waals surface area contributed by atoms with Gasteiger partial charge in [-0.1, -0.05) is 30.3 Å². The number of nitrogens with zero attached hydrogens (tertiary/aromatic N) is 2. The van der Waals surface area contributed by atoms with Gasteiger partial charge in [0.25, 0.3) is 0 Å². The number of aromatic nitrogens is 2. The van der Waals surface area contributed by atoms with E-state index < -0.39 is 0 Å². The highest BCUT2D eigenvalue weighted by molar-refractivity contribution is 5.96. The molecule has 0 amide bonds. The molecule has 3 rings (SSSR count). The lowest BCUT2D eigenvalue weighted by Gasteiger charge is -2.03. The summed E-state index contributed by atoms with van der Waals surface area (Å²) in [6.07, 6.45) is 2.55. The van der Waals surface area contributed by atoms with Crippen molar-refractivity contribution in [3.8, 4) is 0 Å². The van der Waals surface area contributed by atoms with Crippen LogP contribution in [0.1, 0.15) is 10.6 Å². The number of hydrogen-bond acceptors (Lipinski definition) is 2. The predicted octanol–water partition coefficient (Wildman–Crippen LogP) is 3.19. The van der Waals surface area contributed by atoms with Crippen molar-refractivity contribution in [2.45, 2.75) is 6.54 Å². The lowest BCUT2D eigenvalue weighted by molar-refractivity contribution is 0.111. The molecule has 0 aliphatic heterocycles. The fourth-order valence-corrected chi connectivity index (χ4v) is 2.24. The van der Waals surface area contributed by atoms with Crippen molar-refractivity contribution in [2.75, 3.05) is 0 Å². The summed E-state index contributed by atoms with van der Waals surface area (Å²) in [5.74, 6) is 0.445. The van der Waals surface area contributed by atoms with E-state index in [1.54, 1.807) is 6.08 Å². The second-order valence-electron chi connectivity index (χ2n) is 4.18. The van der Waals surface area contributed by atoms with Crippen molar-refractivity contribution in [1.82, 2.24) is 9.55 Å². The van der Waals surface area contributed by atoms with Gasteiger partial charge in [-0.2, -0.15) is 0 Å². The topological polar surface area (TPSA) is 34.9 Å². The van der Waals surface area contributed by atoms with Gasteiger partial charge < -0.3 is 4.57 Å². The third kappa shape index (κ3) is 1.52. The fourth-order valence-electron chi connectivity index (χ4n) is 2.24. The Balaban J connectivity index is 2.40. The molecule has 0 saturated heterocycles. The van der Waals surface area contributed by atoms with Gasteiger partial charge in [0, 0.05) is 6.54 Å². The van der Waals surface area contributed by atoms with Gasteiger partial charge in [0.05, 0.1) is 11.0 Å². The first-order chi connectivity index (χ1) is 8.83. The molecule has 0 aliphatic carbocycles. The van der Waals surface area contributed by atoms with Crippen LogP contribution in [0.25, 0.3) is 21.8 Å². The molecule has 0 aliphatic rings.